The summed E-state index contributed by atoms with van der Waals surface area (Å²) in [5.41, 5.74) is 0. The predicted octanol–water partition coefficient (Wildman–Crippen LogP) is 2.94. The topological polar surface area (TPSA) is 26.3 Å². The third-order valence-corrected chi connectivity index (χ3v) is 4.03. The fourth-order valence-electron chi connectivity index (χ4n) is 3.25. The molecule has 2 bridgehead atoms. The number of halogens is 3. The largest absolute Gasteiger partial charge is 0.462 e. The van der Waals surface area contributed by atoms with E-state index in [1.165, 1.54) is 0 Å². The van der Waals surface area contributed by atoms with E-state index in [0.717, 1.165) is 6.08 Å². The number of carbonyl (C=O) groups excluding carboxylic acids is 1. The smallest absolute Gasteiger partial charge is 0.392 e. The van der Waals surface area contributed by atoms with Crippen LogP contribution >= 0.6 is 0 Å². The highest BCUT2D eigenvalue weighted by atomic mass is 19.4. The Labute approximate surface area is 97.8 Å². The fourth-order valence-corrected chi connectivity index (χ4v) is 3.25. The van der Waals surface area contributed by atoms with Gasteiger partial charge in [-0.3, -0.25) is 0 Å². The predicted molar refractivity (Wildman–Crippen MR) is 55.0 cm³/mol. The highest BCUT2D eigenvalue weighted by Gasteiger charge is 2.55. The van der Waals surface area contributed by atoms with Gasteiger partial charge in [0.2, 0.25) is 0 Å². The lowest BCUT2D eigenvalue weighted by molar-refractivity contribution is -0.189. The van der Waals surface area contributed by atoms with Crippen LogP contribution in [0.5, 0.6) is 0 Å². The molecule has 2 nitrogen and oxygen atoms in total. The third kappa shape index (κ3) is 2.48. The molecule has 0 aromatic carbocycles. The van der Waals surface area contributed by atoms with Crippen molar-refractivity contribution in [1.29, 1.82) is 0 Å². The van der Waals surface area contributed by atoms with Crippen LogP contribution in [0.25, 0.3) is 0 Å². The van der Waals surface area contributed by atoms with Gasteiger partial charge >= 0.3 is 12.1 Å². The van der Waals surface area contributed by atoms with E-state index < -0.39 is 18.1 Å². The van der Waals surface area contributed by atoms with E-state index >= 15 is 0 Å². The molecule has 0 heterocycles. The van der Waals surface area contributed by atoms with Crippen molar-refractivity contribution in [3.63, 3.8) is 0 Å². The molecule has 2 saturated carbocycles. The zero-order valence-corrected chi connectivity index (χ0v) is 9.37. The summed E-state index contributed by atoms with van der Waals surface area (Å²) < 4.78 is 42.8. The number of hydrogen-bond donors (Lipinski definition) is 0. The Balaban J connectivity index is 1.86. The zero-order valence-electron chi connectivity index (χ0n) is 9.37. The molecule has 0 radical (unpaired) electrons. The van der Waals surface area contributed by atoms with Crippen molar-refractivity contribution in [2.24, 2.45) is 23.7 Å². The Hall–Kier alpha value is -1.00. The molecule has 4 atom stereocenters. The molecular weight excluding hydrogens is 233 g/mol. The van der Waals surface area contributed by atoms with Crippen molar-refractivity contribution in [3.8, 4) is 0 Å². The van der Waals surface area contributed by atoms with Gasteiger partial charge in [0.05, 0.1) is 12.5 Å². The van der Waals surface area contributed by atoms with E-state index in [-0.39, 0.29) is 30.8 Å². The maximum atomic E-state index is 12.6. The van der Waals surface area contributed by atoms with Gasteiger partial charge in [0.25, 0.3) is 0 Å². The first kappa shape index (κ1) is 12.5. The molecule has 2 rings (SSSR count). The van der Waals surface area contributed by atoms with Crippen LogP contribution in [0.1, 0.15) is 19.3 Å². The van der Waals surface area contributed by atoms with Crippen LogP contribution in [0.15, 0.2) is 12.7 Å². The SMILES string of the molecule is C=CC(=O)OCC1CC2CC1CC2C(F)(F)F. The van der Waals surface area contributed by atoms with E-state index in [4.69, 9.17) is 4.74 Å². The van der Waals surface area contributed by atoms with Crippen molar-refractivity contribution >= 4 is 5.97 Å². The minimum Gasteiger partial charge on any atom is -0.462 e. The van der Waals surface area contributed by atoms with Gasteiger partial charge in [-0.2, -0.15) is 13.2 Å². The lowest BCUT2D eigenvalue weighted by Gasteiger charge is -2.28. The molecule has 2 fully saturated rings. The lowest BCUT2D eigenvalue weighted by atomic mass is 9.82. The number of rotatable bonds is 3. The lowest BCUT2D eigenvalue weighted by Crippen LogP contribution is -2.31. The van der Waals surface area contributed by atoms with Crippen molar-refractivity contribution in [2.45, 2.75) is 25.4 Å². The van der Waals surface area contributed by atoms with Crippen LogP contribution in [0.2, 0.25) is 0 Å². The van der Waals surface area contributed by atoms with E-state index in [9.17, 15) is 18.0 Å². The molecule has 2 aliphatic rings. The minimum atomic E-state index is -4.07. The van der Waals surface area contributed by atoms with Crippen LogP contribution in [0, 0.1) is 23.7 Å². The molecule has 96 valence electrons. The zero-order chi connectivity index (χ0) is 12.6. The highest BCUT2D eigenvalue weighted by molar-refractivity contribution is 5.81. The van der Waals surface area contributed by atoms with E-state index in [1.807, 2.05) is 0 Å². The number of esters is 1. The summed E-state index contributed by atoms with van der Waals surface area (Å²) in [7, 11) is 0. The Morgan fingerprint density at radius 2 is 2.00 bits per heavy atom. The number of hydrogen-bond acceptors (Lipinski definition) is 2. The summed E-state index contributed by atoms with van der Waals surface area (Å²) in [5, 5.41) is 0. The quantitative estimate of drug-likeness (QED) is 0.567. The Bertz CT molecular complexity index is 324. The standard InChI is InChI=1S/C12H15F3O2/c1-2-11(16)17-6-9-4-8-3-7(9)5-10(8)12(13,14)15/h2,7-10H,1,3-6H2. The molecule has 0 amide bonds. The molecule has 2 aliphatic carbocycles. The first-order chi connectivity index (χ1) is 7.91. The summed E-state index contributed by atoms with van der Waals surface area (Å²) >= 11 is 0. The molecule has 0 saturated heterocycles. The fraction of sp³-hybridized carbons (Fsp3) is 0.750. The van der Waals surface area contributed by atoms with Crippen LogP contribution in [-0.2, 0) is 9.53 Å². The van der Waals surface area contributed by atoms with Crippen molar-refractivity contribution in [2.75, 3.05) is 6.61 Å². The highest BCUT2D eigenvalue weighted by Crippen LogP contribution is 2.56. The minimum absolute atomic E-state index is 0.0595. The summed E-state index contributed by atoms with van der Waals surface area (Å²) in [6.45, 7) is 3.51. The molecule has 0 aromatic rings. The van der Waals surface area contributed by atoms with Crippen LogP contribution in [-0.4, -0.2) is 18.8 Å². The number of alkyl halides is 3. The molecule has 5 heteroatoms. The summed E-state index contributed by atoms with van der Waals surface area (Å²) in [6, 6.07) is 0. The van der Waals surface area contributed by atoms with E-state index in [1.54, 1.807) is 0 Å². The molecule has 0 aromatic heterocycles. The average molecular weight is 248 g/mol. The second-order valence-corrected chi connectivity index (χ2v) is 4.97. The monoisotopic (exact) mass is 248 g/mol. The Kier molecular flexibility index (Phi) is 3.19. The van der Waals surface area contributed by atoms with Gasteiger partial charge in [-0.1, -0.05) is 6.58 Å². The molecule has 17 heavy (non-hydrogen) atoms. The molecule has 4 unspecified atom stereocenters. The van der Waals surface area contributed by atoms with Gasteiger partial charge in [-0.25, -0.2) is 4.79 Å². The number of fused-ring (bicyclic) bond motifs is 2. The van der Waals surface area contributed by atoms with Crippen LogP contribution in [0.4, 0.5) is 13.2 Å². The Morgan fingerprint density at radius 3 is 2.47 bits per heavy atom. The second kappa shape index (κ2) is 4.35. The maximum absolute atomic E-state index is 12.6. The summed E-state index contributed by atoms with van der Waals surface area (Å²) in [5.74, 6) is -1.75. The van der Waals surface area contributed by atoms with Gasteiger partial charge in [0, 0.05) is 6.08 Å². The summed E-state index contributed by atoms with van der Waals surface area (Å²) in [4.78, 5) is 10.9. The van der Waals surface area contributed by atoms with Crippen molar-refractivity contribution in [3.05, 3.63) is 12.7 Å². The molecular formula is C12H15F3O2. The van der Waals surface area contributed by atoms with Crippen LogP contribution < -0.4 is 0 Å². The van der Waals surface area contributed by atoms with Gasteiger partial charge in [0.1, 0.15) is 0 Å². The maximum Gasteiger partial charge on any atom is 0.392 e. The van der Waals surface area contributed by atoms with E-state index in [2.05, 4.69) is 6.58 Å². The molecule has 0 N–H and O–H groups in total. The molecule has 0 aliphatic heterocycles. The van der Waals surface area contributed by atoms with Gasteiger partial charge < -0.3 is 4.74 Å². The first-order valence-corrected chi connectivity index (χ1v) is 5.77. The van der Waals surface area contributed by atoms with Crippen LogP contribution in [0.3, 0.4) is 0 Å². The van der Waals surface area contributed by atoms with Gasteiger partial charge in [0.15, 0.2) is 0 Å². The Morgan fingerprint density at radius 1 is 1.29 bits per heavy atom. The van der Waals surface area contributed by atoms with Gasteiger partial charge in [-0.05, 0) is 37.0 Å². The number of ether oxygens (including phenoxy) is 1. The second-order valence-electron chi connectivity index (χ2n) is 4.97. The number of carbonyl (C=O) groups is 1. The third-order valence-electron chi connectivity index (χ3n) is 4.03. The summed E-state index contributed by atoms with van der Waals surface area (Å²) in [6.07, 6.45) is -1.64. The van der Waals surface area contributed by atoms with Crippen molar-refractivity contribution in [1.82, 2.24) is 0 Å². The van der Waals surface area contributed by atoms with Crippen molar-refractivity contribution < 1.29 is 22.7 Å². The van der Waals surface area contributed by atoms with E-state index in [0.29, 0.717) is 12.8 Å². The average Bonchev–Trinajstić information content (AvgIpc) is 2.83. The normalized spacial score (nSPS) is 35.9. The molecule has 0 spiro atoms. The first-order valence-electron chi connectivity index (χ1n) is 5.77. The van der Waals surface area contributed by atoms with Gasteiger partial charge in [-0.15, -0.1) is 0 Å².